The second-order valence-corrected chi connectivity index (χ2v) is 5.20. The molecule has 0 bridgehead atoms. The molecule has 0 saturated carbocycles. The molecule has 0 unspecified atom stereocenters. The molecule has 2 aromatic rings. The number of nitrogens with two attached hydrogens (primary N) is 1. The Morgan fingerprint density at radius 2 is 1.71 bits per heavy atom. The normalized spacial score (nSPS) is 9.67. The van der Waals surface area contributed by atoms with E-state index in [2.05, 4.69) is 17.2 Å². The van der Waals surface area contributed by atoms with Gasteiger partial charge in [-0.1, -0.05) is 11.8 Å². The van der Waals surface area contributed by atoms with Crippen molar-refractivity contribution in [3.63, 3.8) is 0 Å². The molecule has 0 saturated heterocycles. The molecular formula is C19H18N2O3. The van der Waals surface area contributed by atoms with Crippen molar-refractivity contribution in [2.75, 3.05) is 5.32 Å². The van der Waals surface area contributed by atoms with E-state index < -0.39 is 0 Å². The quantitative estimate of drug-likeness (QED) is 0.449. The lowest BCUT2D eigenvalue weighted by atomic mass is 10.1. The highest BCUT2D eigenvalue weighted by Crippen LogP contribution is 2.15. The van der Waals surface area contributed by atoms with Gasteiger partial charge < -0.3 is 16.2 Å². The minimum atomic E-state index is -0.319. The zero-order valence-electron chi connectivity index (χ0n) is 13.1. The molecule has 0 radical (unpaired) electrons. The van der Waals surface area contributed by atoms with Gasteiger partial charge in [0, 0.05) is 29.7 Å². The molecular weight excluding hydrogens is 304 g/mol. The molecule has 2 aromatic carbocycles. The summed E-state index contributed by atoms with van der Waals surface area (Å²) in [5.41, 5.74) is 6.98. The van der Waals surface area contributed by atoms with Crippen molar-refractivity contribution in [1.29, 1.82) is 0 Å². The molecule has 0 aliphatic heterocycles. The average molecular weight is 322 g/mol. The zero-order chi connectivity index (χ0) is 17.4. The SMILES string of the molecule is NC(=O)CCCC#Cc1ccc(C(=O)Nc2ccc(O)cc2)cc1. The lowest BCUT2D eigenvalue weighted by Gasteiger charge is -2.05. The molecule has 0 aromatic heterocycles. The minimum Gasteiger partial charge on any atom is -0.508 e. The largest absolute Gasteiger partial charge is 0.508 e. The van der Waals surface area contributed by atoms with E-state index in [1.807, 2.05) is 0 Å². The van der Waals surface area contributed by atoms with E-state index in [1.54, 1.807) is 36.4 Å². The first-order valence-electron chi connectivity index (χ1n) is 7.52. The van der Waals surface area contributed by atoms with Crippen LogP contribution in [0.3, 0.4) is 0 Å². The van der Waals surface area contributed by atoms with Gasteiger partial charge in [0.25, 0.3) is 5.91 Å². The van der Waals surface area contributed by atoms with Crippen LogP contribution in [0.5, 0.6) is 5.75 Å². The van der Waals surface area contributed by atoms with Crippen LogP contribution in [-0.2, 0) is 4.79 Å². The van der Waals surface area contributed by atoms with Crippen LogP contribution in [-0.4, -0.2) is 16.9 Å². The molecule has 0 fully saturated rings. The Morgan fingerprint density at radius 3 is 2.33 bits per heavy atom. The van der Waals surface area contributed by atoms with E-state index in [0.717, 1.165) is 5.56 Å². The summed E-state index contributed by atoms with van der Waals surface area (Å²) in [4.78, 5) is 22.7. The summed E-state index contributed by atoms with van der Waals surface area (Å²) >= 11 is 0. The van der Waals surface area contributed by atoms with Gasteiger partial charge in [-0.25, -0.2) is 0 Å². The number of primary amides is 1. The molecule has 2 amide bonds. The third kappa shape index (κ3) is 5.50. The topological polar surface area (TPSA) is 92.4 Å². The van der Waals surface area contributed by atoms with Crippen molar-refractivity contribution >= 4 is 17.5 Å². The number of hydrogen-bond donors (Lipinski definition) is 3. The van der Waals surface area contributed by atoms with E-state index >= 15 is 0 Å². The van der Waals surface area contributed by atoms with Crippen molar-refractivity contribution in [3.05, 3.63) is 59.7 Å². The highest BCUT2D eigenvalue weighted by Gasteiger charge is 2.05. The van der Waals surface area contributed by atoms with E-state index in [9.17, 15) is 14.7 Å². The molecule has 4 N–H and O–H groups in total. The van der Waals surface area contributed by atoms with Gasteiger partial charge in [-0.05, 0) is 55.0 Å². The molecule has 122 valence electrons. The van der Waals surface area contributed by atoms with Crippen LogP contribution in [0.15, 0.2) is 48.5 Å². The highest BCUT2D eigenvalue weighted by atomic mass is 16.3. The second kappa shape index (κ2) is 8.39. The molecule has 0 atom stereocenters. The number of phenols is 1. The summed E-state index contributed by atoms with van der Waals surface area (Å²) in [6.45, 7) is 0. The Morgan fingerprint density at radius 1 is 1.04 bits per heavy atom. The first-order chi connectivity index (χ1) is 11.5. The van der Waals surface area contributed by atoms with Crippen LogP contribution in [0.2, 0.25) is 0 Å². The van der Waals surface area contributed by atoms with Gasteiger partial charge in [0.2, 0.25) is 5.91 Å². The molecule has 0 aliphatic carbocycles. The first kappa shape index (κ1) is 17.1. The van der Waals surface area contributed by atoms with Gasteiger partial charge in [-0.15, -0.1) is 0 Å². The van der Waals surface area contributed by atoms with Crippen LogP contribution in [0, 0.1) is 11.8 Å². The zero-order valence-corrected chi connectivity index (χ0v) is 13.1. The summed E-state index contributed by atoms with van der Waals surface area (Å²) in [6.07, 6.45) is 1.59. The van der Waals surface area contributed by atoms with Crippen LogP contribution >= 0.6 is 0 Å². The van der Waals surface area contributed by atoms with Gasteiger partial charge in [-0.3, -0.25) is 9.59 Å². The van der Waals surface area contributed by atoms with Gasteiger partial charge in [0.1, 0.15) is 5.75 Å². The Labute approximate surface area is 140 Å². The van der Waals surface area contributed by atoms with Gasteiger partial charge in [-0.2, -0.15) is 0 Å². The van der Waals surface area contributed by atoms with E-state index in [-0.39, 0.29) is 17.6 Å². The lowest BCUT2D eigenvalue weighted by Crippen LogP contribution is -2.11. The predicted molar refractivity (Wildman–Crippen MR) is 92.4 cm³/mol. The maximum atomic E-state index is 12.1. The van der Waals surface area contributed by atoms with E-state index in [0.29, 0.717) is 30.5 Å². The second-order valence-electron chi connectivity index (χ2n) is 5.20. The first-order valence-corrected chi connectivity index (χ1v) is 7.52. The summed E-state index contributed by atoms with van der Waals surface area (Å²) in [7, 11) is 0. The highest BCUT2D eigenvalue weighted by molar-refractivity contribution is 6.04. The van der Waals surface area contributed by atoms with Crippen LogP contribution in [0.25, 0.3) is 0 Å². The Bertz CT molecular complexity index is 769. The van der Waals surface area contributed by atoms with Crippen molar-refractivity contribution in [1.82, 2.24) is 0 Å². The molecule has 24 heavy (non-hydrogen) atoms. The molecule has 5 heteroatoms. The number of anilines is 1. The lowest BCUT2D eigenvalue weighted by molar-refractivity contribution is -0.118. The third-order valence-electron chi connectivity index (χ3n) is 3.23. The van der Waals surface area contributed by atoms with E-state index in [4.69, 9.17) is 5.73 Å². The fourth-order valence-corrected chi connectivity index (χ4v) is 1.97. The maximum absolute atomic E-state index is 12.1. The van der Waals surface area contributed by atoms with Crippen LogP contribution in [0.1, 0.15) is 35.2 Å². The Kier molecular flexibility index (Phi) is 5.98. The number of benzene rings is 2. The molecule has 0 aliphatic rings. The maximum Gasteiger partial charge on any atom is 0.255 e. The van der Waals surface area contributed by atoms with Gasteiger partial charge >= 0.3 is 0 Å². The summed E-state index contributed by atoms with van der Waals surface area (Å²) in [6, 6.07) is 13.2. The fraction of sp³-hybridized carbons (Fsp3) is 0.158. The monoisotopic (exact) mass is 322 g/mol. The number of rotatable bonds is 5. The number of hydrogen-bond acceptors (Lipinski definition) is 3. The molecule has 2 rings (SSSR count). The standard InChI is InChI=1S/C19H18N2O3/c20-18(23)5-3-1-2-4-14-6-8-15(9-7-14)19(24)21-16-10-12-17(22)13-11-16/h6-13,22H,1,3,5H2,(H2,20,23)(H,21,24). The predicted octanol–water partition coefficient (Wildman–Crippen LogP) is 2.65. The smallest absolute Gasteiger partial charge is 0.255 e. The number of unbranched alkanes of at least 4 members (excludes halogenated alkanes) is 1. The van der Waals surface area contributed by atoms with Crippen molar-refractivity contribution in [2.45, 2.75) is 19.3 Å². The number of nitrogens with one attached hydrogen (secondary N) is 1. The minimum absolute atomic E-state index is 0.145. The van der Waals surface area contributed by atoms with Crippen molar-refractivity contribution in [3.8, 4) is 17.6 Å². The molecule has 0 spiro atoms. The number of carbonyl (C=O) groups is 2. The Hall–Kier alpha value is -3.26. The Balaban J connectivity index is 1.91. The van der Waals surface area contributed by atoms with Crippen LogP contribution < -0.4 is 11.1 Å². The number of aromatic hydroxyl groups is 1. The summed E-state index contributed by atoms with van der Waals surface area (Å²) in [5.74, 6) is 5.54. The molecule has 5 nitrogen and oxygen atoms in total. The number of amides is 2. The van der Waals surface area contributed by atoms with E-state index in [1.165, 1.54) is 12.1 Å². The number of phenolic OH excluding ortho intramolecular Hbond substituents is 1. The average Bonchev–Trinajstić information content (AvgIpc) is 2.57. The molecule has 0 heterocycles. The van der Waals surface area contributed by atoms with Gasteiger partial charge in [0.05, 0.1) is 0 Å². The van der Waals surface area contributed by atoms with Crippen molar-refractivity contribution < 1.29 is 14.7 Å². The fourth-order valence-electron chi connectivity index (χ4n) is 1.97. The van der Waals surface area contributed by atoms with Crippen LogP contribution in [0.4, 0.5) is 5.69 Å². The van der Waals surface area contributed by atoms with Gasteiger partial charge in [0.15, 0.2) is 0 Å². The number of carbonyl (C=O) groups excluding carboxylic acids is 2. The summed E-state index contributed by atoms with van der Waals surface area (Å²) in [5, 5.41) is 12.0. The van der Waals surface area contributed by atoms with Crippen molar-refractivity contribution in [2.24, 2.45) is 5.73 Å². The summed E-state index contributed by atoms with van der Waals surface area (Å²) < 4.78 is 0. The third-order valence-corrected chi connectivity index (χ3v) is 3.23.